The standard InChI is InChI=1S/C25H23N3O5S.H2/c1-32-20-4-2-3-5-21(20)34(30,31)27-23-18-12-25(8-9-25)19-7-6-15(11-17(19)22(18)33-26-23)28-13-14-10-16(14)24(28)29;/h2-7,11,14,16H,8-10,12-13H2,1H3,(H,26,27);1H/t14-,16-;/m0./s1. The van der Waals surface area contributed by atoms with Crippen molar-refractivity contribution in [2.24, 2.45) is 11.8 Å². The number of carbonyl (C=O) groups excluding carboxylic acids is 1. The summed E-state index contributed by atoms with van der Waals surface area (Å²) in [5.74, 6) is 1.91. The molecule has 2 heterocycles. The van der Waals surface area contributed by atoms with Crippen LogP contribution in [0.15, 0.2) is 51.9 Å². The van der Waals surface area contributed by atoms with Crippen LogP contribution < -0.4 is 14.4 Å². The van der Waals surface area contributed by atoms with Crippen LogP contribution >= 0.6 is 0 Å². The van der Waals surface area contributed by atoms with E-state index in [0.717, 1.165) is 42.6 Å². The second kappa shape index (κ2) is 6.63. The first-order chi connectivity index (χ1) is 16.4. The molecule has 3 aliphatic carbocycles. The summed E-state index contributed by atoms with van der Waals surface area (Å²) in [5, 5.41) is 4.13. The Hall–Kier alpha value is -3.33. The normalized spacial score (nSPS) is 23.3. The first-order valence-electron chi connectivity index (χ1n) is 11.5. The zero-order valence-electron chi connectivity index (χ0n) is 18.6. The fourth-order valence-corrected chi connectivity index (χ4v) is 6.88. The second-order valence-corrected chi connectivity index (χ2v) is 11.5. The van der Waals surface area contributed by atoms with Crippen LogP contribution in [-0.2, 0) is 26.7 Å². The molecule has 1 N–H and O–H groups in total. The molecule has 3 fully saturated rings. The van der Waals surface area contributed by atoms with Crippen molar-refractivity contribution >= 4 is 27.4 Å². The van der Waals surface area contributed by atoms with Crippen LogP contribution in [0.2, 0.25) is 0 Å². The van der Waals surface area contributed by atoms with Crippen LogP contribution in [0.3, 0.4) is 0 Å². The molecule has 0 unspecified atom stereocenters. The summed E-state index contributed by atoms with van der Waals surface area (Å²) in [5.41, 5.74) is 3.69. The number of rotatable bonds is 5. The molecule has 8 nitrogen and oxygen atoms in total. The van der Waals surface area contributed by atoms with Gasteiger partial charge in [-0.05, 0) is 61.4 Å². The molecule has 7 rings (SSSR count). The lowest BCUT2D eigenvalue weighted by molar-refractivity contribution is -0.118. The van der Waals surface area contributed by atoms with E-state index in [1.54, 1.807) is 18.2 Å². The Balaban J connectivity index is 0.00000229. The molecule has 1 aliphatic heterocycles. The Kier molecular flexibility index (Phi) is 3.91. The van der Waals surface area contributed by atoms with Gasteiger partial charge in [-0.15, -0.1) is 0 Å². The number of anilines is 2. The minimum atomic E-state index is -3.93. The van der Waals surface area contributed by atoms with Crippen molar-refractivity contribution in [3.8, 4) is 17.1 Å². The van der Waals surface area contributed by atoms with Gasteiger partial charge in [-0.1, -0.05) is 23.4 Å². The summed E-state index contributed by atoms with van der Waals surface area (Å²) in [6.07, 6.45) is 3.71. The van der Waals surface area contributed by atoms with E-state index in [-0.39, 0.29) is 35.1 Å². The molecular weight excluding hydrogens is 454 g/mol. The molecule has 1 spiro atoms. The lowest BCUT2D eigenvalue weighted by atomic mass is 9.79. The molecule has 1 saturated heterocycles. The fraction of sp³-hybridized carbons (Fsp3) is 0.360. The lowest BCUT2D eigenvalue weighted by Crippen LogP contribution is -2.28. The van der Waals surface area contributed by atoms with Gasteiger partial charge in [0.15, 0.2) is 11.6 Å². The van der Waals surface area contributed by atoms with Gasteiger partial charge in [0, 0.05) is 36.1 Å². The molecule has 0 bridgehead atoms. The smallest absolute Gasteiger partial charge is 0.266 e. The molecule has 1 aromatic heterocycles. The third-order valence-electron chi connectivity index (χ3n) is 7.80. The lowest BCUT2D eigenvalue weighted by Gasteiger charge is -2.27. The fourth-order valence-electron chi connectivity index (χ4n) is 5.68. The predicted octanol–water partition coefficient (Wildman–Crippen LogP) is 3.97. The number of hydrogen-bond donors (Lipinski definition) is 1. The van der Waals surface area contributed by atoms with Crippen molar-refractivity contribution < 1.29 is 23.9 Å². The third-order valence-corrected chi connectivity index (χ3v) is 9.18. The Morgan fingerprint density at radius 3 is 2.79 bits per heavy atom. The number of nitrogens with zero attached hydrogens (tertiary/aromatic N) is 2. The summed E-state index contributed by atoms with van der Waals surface area (Å²) in [7, 11) is -2.50. The van der Waals surface area contributed by atoms with E-state index in [1.807, 2.05) is 17.0 Å². The van der Waals surface area contributed by atoms with Gasteiger partial charge in [0.2, 0.25) is 5.91 Å². The van der Waals surface area contributed by atoms with Gasteiger partial charge in [0.05, 0.1) is 7.11 Å². The number of para-hydroxylation sites is 1. The summed E-state index contributed by atoms with van der Waals surface area (Å²) >= 11 is 0. The van der Waals surface area contributed by atoms with Crippen LogP contribution in [0.5, 0.6) is 5.75 Å². The summed E-state index contributed by atoms with van der Waals surface area (Å²) in [6, 6.07) is 12.6. The molecule has 0 radical (unpaired) electrons. The predicted molar refractivity (Wildman–Crippen MR) is 126 cm³/mol. The molecule has 34 heavy (non-hydrogen) atoms. The number of sulfonamides is 1. The first-order valence-corrected chi connectivity index (χ1v) is 13.0. The maximum atomic E-state index is 13.2. The number of hydrogen-bond acceptors (Lipinski definition) is 6. The van der Waals surface area contributed by atoms with Gasteiger partial charge < -0.3 is 14.2 Å². The average molecular weight is 480 g/mol. The molecule has 3 aromatic rings. The molecule has 9 heteroatoms. The number of methoxy groups -OCH3 is 1. The highest BCUT2D eigenvalue weighted by Crippen LogP contribution is 2.59. The van der Waals surface area contributed by atoms with Crippen molar-refractivity contribution in [2.75, 3.05) is 23.3 Å². The number of aromatic nitrogens is 1. The minimum Gasteiger partial charge on any atom is -0.495 e. The van der Waals surface area contributed by atoms with Gasteiger partial charge in [-0.3, -0.25) is 9.52 Å². The van der Waals surface area contributed by atoms with Crippen molar-refractivity contribution in [1.29, 1.82) is 0 Å². The SMILES string of the molecule is COc1ccccc1S(=O)(=O)Nc1noc2c1CC1(CC1)c1ccc(N3C[C@@H]4C[C@@H]4C3=O)cc1-2.[HH]. The number of carbonyl (C=O) groups is 1. The molecule has 2 aromatic carbocycles. The summed E-state index contributed by atoms with van der Waals surface area (Å²) in [4.78, 5) is 14.6. The maximum absolute atomic E-state index is 13.2. The molecule has 2 saturated carbocycles. The molecule has 176 valence electrons. The second-order valence-electron chi connectivity index (χ2n) is 9.83. The van der Waals surface area contributed by atoms with E-state index in [0.29, 0.717) is 18.1 Å². The zero-order valence-corrected chi connectivity index (χ0v) is 19.4. The van der Waals surface area contributed by atoms with E-state index in [2.05, 4.69) is 15.9 Å². The van der Waals surface area contributed by atoms with Crippen LogP contribution in [0.4, 0.5) is 11.5 Å². The maximum Gasteiger partial charge on any atom is 0.266 e. The van der Waals surface area contributed by atoms with Crippen LogP contribution in [0.1, 0.15) is 31.8 Å². The Morgan fingerprint density at radius 1 is 1.24 bits per heavy atom. The Bertz CT molecular complexity index is 1480. The number of piperidine rings is 1. The minimum absolute atomic E-state index is 0. The zero-order chi connectivity index (χ0) is 23.2. The first kappa shape index (κ1) is 20.1. The van der Waals surface area contributed by atoms with Gasteiger partial charge >= 0.3 is 0 Å². The highest BCUT2D eigenvalue weighted by molar-refractivity contribution is 7.92. The summed E-state index contributed by atoms with van der Waals surface area (Å²) < 4.78 is 39.9. The number of nitrogens with one attached hydrogen (secondary N) is 1. The van der Waals surface area contributed by atoms with Gasteiger partial charge in [0.25, 0.3) is 10.0 Å². The Morgan fingerprint density at radius 2 is 2.06 bits per heavy atom. The number of amides is 1. The topological polar surface area (TPSA) is 102 Å². The van der Waals surface area contributed by atoms with Crippen LogP contribution in [0.25, 0.3) is 11.3 Å². The third kappa shape index (κ3) is 2.79. The Labute approximate surface area is 198 Å². The molecular formula is C25H25N3O5S. The van der Waals surface area contributed by atoms with E-state index < -0.39 is 10.0 Å². The monoisotopic (exact) mass is 479 g/mol. The van der Waals surface area contributed by atoms with E-state index in [9.17, 15) is 13.2 Å². The van der Waals surface area contributed by atoms with Gasteiger partial charge in [-0.2, -0.15) is 0 Å². The van der Waals surface area contributed by atoms with Crippen molar-refractivity contribution in [3.05, 3.63) is 53.6 Å². The van der Waals surface area contributed by atoms with Gasteiger partial charge in [-0.25, -0.2) is 8.42 Å². The molecule has 4 aliphatic rings. The number of benzene rings is 2. The average Bonchev–Trinajstić information content (AvgIpc) is 3.73. The highest BCUT2D eigenvalue weighted by atomic mass is 32.2. The molecule has 2 atom stereocenters. The van der Waals surface area contributed by atoms with Crippen molar-refractivity contribution in [1.82, 2.24) is 5.16 Å². The number of ether oxygens (including phenoxy) is 1. The highest BCUT2D eigenvalue weighted by Gasteiger charge is 2.54. The van der Waals surface area contributed by atoms with E-state index in [4.69, 9.17) is 9.26 Å². The van der Waals surface area contributed by atoms with Crippen LogP contribution in [-0.4, -0.2) is 33.1 Å². The largest absolute Gasteiger partial charge is 0.495 e. The summed E-state index contributed by atoms with van der Waals surface area (Å²) in [6.45, 7) is 0.765. The number of fused-ring (bicyclic) bond motifs is 5. The van der Waals surface area contributed by atoms with E-state index >= 15 is 0 Å². The van der Waals surface area contributed by atoms with Crippen LogP contribution in [0, 0.1) is 11.8 Å². The van der Waals surface area contributed by atoms with Crippen molar-refractivity contribution in [2.45, 2.75) is 36.0 Å². The van der Waals surface area contributed by atoms with Gasteiger partial charge in [0.1, 0.15) is 10.6 Å². The molecule has 1 amide bonds. The quantitative estimate of drug-likeness (QED) is 0.594. The van der Waals surface area contributed by atoms with E-state index in [1.165, 1.54) is 18.7 Å². The van der Waals surface area contributed by atoms with Crippen molar-refractivity contribution in [3.63, 3.8) is 0 Å².